The van der Waals surface area contributed by atoms with Gasteiger partial charge in [0.1, 0.15) is 6.04 Å². The van der Waals surface area contributed by atoms with Gasteiger partial charge in [-0.15, -0.1) is 0 Å². The van der Waals surface area contributed by atoms with E-state index in [1.54, 1.807) is 31.2 Å². The molecule has 0 aromatic heterocycles. The molecule has 1 aliphatic rings. The number of amides is 1. The van der Waals surface area contributed by atoms with E-state index in [1.165, 1.54) is 13.3 Å². The minimum atomic E-state index is -0.446. The third-order valence-corrected chi connectivity index (χ3v) is 5.09. The van der Waals surface area contributed by atoms with Crippen molar-refractivity contribution in [2.24, 2.45) is 0 Å². The van der Waals surface area contributed by atoms with Crippen LogP contribution in [0.25, 0.3) is 0 Å². The van der Waals surface area contributed by atoms with Gasteiger partial charge >= 0.3 is 0 Å². The van der Waals surface area contributed by atoms with E-state index < -0.39 is 6.04 Å². The Balaban J connectivity index is 1.50. The topological polar surface area (TPSA) is 76.7 Å². The Labute approximate surface area is 178 Å². The zero-order valence-corrected chi connectivity index (χ0v) is 17.6. The molecule has 0 saturated carbocycles. The summed E-state index contributed by atoms with van der Waals surface area (Å²) in [7, 11) is 0. The first kappa shape index (κ1) is 22.0. The normalized spacial score (nSPS) is 17.2. The molecule has 2 N–H and O–H groups in total. The largest absolute Gasteiger partial charge is 0.376 e. The highest BCUT2D eigenvalue weighted by Crippen LogP contribution is 2.17. The fourth-order valence-corrected chi connectivity index (χ4v) is 3.38. The number of Topliss-reactive ketones (excluding diaryl/α,β-unsaturated/α-hetero) is 1. The summed E-state index contributed by atoms with van der Waals surface area (Å²) < 4.78 is 11.5. The van der Waals surface area contributed by atoms with Crippen molar-refractivity contribution in [3.63, 3.8) is 0 Å². The van der Waals surface area contributed by atoms with Gasteiger partial charge in [0.2, 0.25) is 5.91 Å². The van der Waals surface area contributed by atoms with Crippen molar-refractivity contribution in [1.82, 2.24) is 0 Å². The van der Waals surface area contributed by atoms with E-state index in [9.17, 15) is 9.59 Å². The summed E-state index contributed by atoms with van der Waals surface area (Å²) in [5.74, 6) is -0.210. The van der Waals surface area contributed by atoms with Crippen molar-refractivity contribution >= 4 is 23.1 Å². The first-order chi connectivity index (χ1) is 14.5. The summed E-state index contributed by atoms with van der Waals surface area (Å²) >= 11 is 0. The Morgan fingerprint density at radius 1 is 1.13 bits per heavy atom. The zero-order valence-electron chi connectivity index (χ0n) is 17.6. The highest BCUT2D eigenvalue weighted by atomic mass is 16.5. The Morgan fingerprint density at radius 3 is 2.70 bits per heavy atom. The Bertz CT molecular complexity index is 862. The Morgan fingerprint density at radius 2 is 1.93 bits per heavy atom. The van der Waals surface area contributed by atoms with E-state index in [0.29, 0.717) is 24.5 Å². The Hall–Kier alpha value is -2.70. The van der Waals surface area contributed by atoms with Crippen molar-refractivity contribution < 1.29 is 19.1 Å². The molecule has 0 radical (unpaired) electrons. The number of ketones is 1. The minimum absolute atomic E-state index is 0.0358. The lowest BCUT2D eigenvalue weighted by Gasteiger charge is -2.22. The van der Waals surface area contributed by atoms with Crippen LogP contribution in [-0.4, -0.2) is 37.0 Å². The summed E-state index contributed by atoms with van der Waals surface area (Å²) in [5.41, 5.74) is 3.07. The van der Waals surface area contributed by atoms with Crippen LogP contribution in [0.4, 0.5) is 11.4 Å². The maximum absolute atomic E-state index is 12.5. The van der Waals surface area contributed by atoms with Gasteiger partial charge < -0.3 is 20.1 Å². The average Bonchev–Trinajstić information content (AvgIpc) is 2.75. The molecular formula is C24H30N2O4. The van der Waals surface area contributed by atoms with Gasteiger partial charge in [-0.3, -0.25) is 9.59 Å². The summed E-state index contributed by atoms with van der Waals surface area (Å²) in [6, 6.07) is 14.4. The molecule has 1 aliphatic heterocycles. The second-order valence-corrected chi connectivity index (χ2v) is 7.70. The summed E-state index contributed by atoms with van der Waals surface area (Å²) in [5, 5.41) is 6.07. The zero-order chi connectivity index (χ0) is 21.3. The summed E-state index contributed by atoms with van der Waals surface area (Å²) in [6.45, 7) is 5.24. The number of anilines is 2. The number of hydrogen-bond acceptors (Lipinski definition) is 5. The molecule has 160 valence electrons. The van der Waals surface area contributed by atoms with Crippen LogP contribution < -0.4 is 10.6 Å². The number of benzene rings is 2. The molecule has 6 heteroatoms. The molecule has 2 aromatic carbocycles. The van der Waals surface area contributed by atoms with Crippen LogP contribution in [-0.2, 0) is 20.9 Å². The molecule has 2 unspecified atom stereocenters. The summed E-state index contributed by atoms with van der Waals surface area (Å²) in [6.07, 6.45) is 3.60. The lowest BCUT2D eigenvalue weighted by Crippen LogP contribution is -2.31. The van der Waals surface area contributed by atoms with Crippen molar-refractivity contribution in [3.05, 3.63) is 59.7 Å². The van der Waals surface area contributed by atoms with E-state index in [2.05, 4.69) is 10.6 Å². The predicted molar refractivity (Wildman–Crippen MR) is 118 cm³/mol. The van der Waals surface area contributed by atoms with Crippen LogP contribution in [0.15, 0.2) is 48.5 Å². The van der Waals surface area contributed by atoms with Gasteiger partial charge in [-0.2, -0.15) is 0 Å². The second-order valence-electron chi connectivity index (χ2n) is 7.70. The fourth-order valence-electron chi connectivity index (χ4n) is 3.38. The van der Waals surface area contributed by atoms with Crippen molar-refractivity contribution in [1.29, 1.82) is 0 Å². The molecule has 0 bridgehead atoms. The first-order valence-corrected chi connectivity index (χ1v) is 10.5. The molecule has 3 rings (SSSR count). The van der Waals surface area contributed by atoms with Gasteiger partial charge in [-0.05, 0) is 62.9 Å². The van der Waals surface area contributed by atoms with E-state index >= 15 is 0 Å². The molecule has 0 aliphatic carbocycles. The van der Waals surface area contributed by atoms with Gasteiger partial charge in [0.15, 0.2) is 5.78 Å². The molecule has 2 atom stereocenters. The molecule has 1 heterocycles. The number of nitrogens with one attached hydrogen (secondary N) is 2. The predicted octanol–water partition coefficient (Wildman–Crippen LogP) is 4.41. The molecule has 1 amide bonds. The van der Waals surface area contributed by atoms with Gasteiger partial charge in [0.25, 0.3) is 0 Å². The Kier molecular flexibility index (Phi) is 7.99. The first-order valence-electron chi connectivity index (χ1n) is 10.5. The highest BCUT2D eigenvalue weighted by molar-refractivity contribution is 5.99. The van der Waals surface area contributed by atoms with Crippen molar-refractivity contribution in [3.8, 4) is 0 Å². The molecule has 6 nitrogen and oxygen atoms in total. The van der Waals surface area contributed by atoms with E-state index in [-0.39, 0.29) is 17.8 Å². The fraction of sp³-hybridized carbons (Fsp3) is 0.417. The van der Waals surface area contributed by atoms with Gasteiger partial charge in [-0.1, -0.05) is 24.3 Å². The van der Waals surface area contributed by atoms with E-state index in [1.807, 2.05) is 24.3 Å². The lowest BCUT2D eigenvalue weighted by atomic mass is 10.1. The van der Waals surface area contributed by atoms with E-state index in [0.717, 1.165) is 30.7 Å². The quantitative estimate of drug-likeness (QED) is 0.599. The molecule has 1 saturated heterocycles. The van der Waals surface area contributed by atoms with Crippen LogP contribution >= 0.6 is 0 Å². The molecule has 30 heavy (non-hydrogen) atoms. The average molecular weight is 411 g/mol. The van der Waals surface area contributed by atoms with E-state index in [4.69, 9.17) is 9.47 Å². The SMILES string of the molecule is CC(=O)c1cccc(NC(=O)C(C)Nc2cccc(COCC3CCCCO3)c2)c1. The molecule has 1 fully saturated rings. The van der Waals surface area contributed by atoms with Crippen LogP contribution in [0.1, 0.15) is 49.0 Å². The molecule has 0 spiro atoms. The van der Waals surface area contributed by atoms with Gasteiger partial charge in [0.05, 0.1) is 19.3 Å². The van der Waals surface area contributed by atoms with Crippen LogP contribution in [0.5, 0.6) is 0 Å². The number of carbonyl (C=O) groups is 2. The van der Waals surface area contributed by atoms with Gasteiger partial charge in [0, 0.05) is 23.5 Å². The maximum atomic E-state index is 12.5. The molecule has 2 aromatic rings. The lowest BCUT2D eigenvalue weighted by molar-refractivity contribution is -0.116. The number of carbonyl (C=O) groups excluding carboxylic acids is 2. The van der Waals surface area contributed by atoms with Crippen LogP contribution in [0, 0.1) is 0 Å². The smallest absolute Gasteiger partial charge is 0.246 e. The summed E-state index contributed by atoms with van der Waals surface area (Å²) in [4.78, 5) is 24.0. The molecular weight excluding hydrogens is 380 g/mol. The highest BCUT2D eigenvalue weighted by Gasteiger charge is 2.15. The third-order valence-electron chi connectivity index (χ3n) is 5.09. The van der Waals surface area contributed by atoms with Crippen LogP contribution in [0.2, 0.25) is 0 Å². The van der Waals surface area contributed by atoms with Gasteiger partial charge in [-0.25, -0.2) is 0 Å². The number of ether oxygens (including phenoxy) is 2. The third kappa shape index (κ3) is 6.68. The maximum Gasteiger partial charge on any atom is 0.246 e. The van der Waals surface area contributed by atoms with Crippen molar-refractivity contribution in [2.45, 2.75) is 51.9 Å². The van der Waals surface area contributed by atoms with Crippen LogP contribution in [0.3, 0.4) is 0 Å². The monoisotopic (exact) mass is 410 g/mol. The minimum Gasteiger partial charge on any atom is -0.376 e. The number of rotatable bonds is 9. The van der Waals surface area contributed by atoms with Crippen molar-refractivity contribution in [2.75, 3.05) is 23.8 Å². The number of hydrogen-bond donors (Lipinski definition) is 2. The standard InChI is InChI=1S/C24H30N2O4/c1-17(24(28)26-22-10-6-8-20(14-22)18(2)27)25-21-9-5-7-19(13-21)15-29-16-23-11-3-4-12-30-23/h5-10,13-14,17,23,25H,3-4,11-12,15-16H2,1-2H3,(H,26,28). The second kappa shape index (κ2) is 10.9.